The topological polar surface area (TPSA) is 53.7 Å². The number of amides is 1. The Bertz CT molecular complexity index is 944. The van der Waals surface area contributed by atoms with Crippen molar-refractivity contribution < 1.29 is 4.79 Å². The highest BCUT2D eigenvalue weighted by Gasteiger charge is 2.34. The van der Waals surface area contributed by atoms with Crippen molar-refractivity contribution >= 4 is 11.6 Å². The first-order valence-corrected chi connectivity index (χ1v) is 9.82. The maximum absolute atomic E-state index is 12.8. The van der Waals surface area contributed by atoms with Crippen LogP contribution in [0.3, 0.4) is 0 Å². The standard InChI is InChI=1S/C21H25N5O/c1-3-25-5-4-18(13-25)26-12-16-7-19-15(6-14(16)8-20(26)27)9-22-21(19)17-10-23-24(2)11-17/h6-7,10-11,18H,3-5,8-9,12-13H2,1-2H3/t18-/m1/s1. The number of fused-ring (bicyclic) bond motifs is 2. The van der Waals surface area contributed by atoms with Gasteiger partial charge in [-0.25, -0.2) is 0 Å². The van der Waals surface area contributed by atoms with Gasteiger partial charge in [-0.15, -0.1) is 0 Å². The third-order valence-corrected chi connectivity index (χ3v) is 6.20. The van der Waals surface area contributed by atoms with Gasteiger partial charge in [0.15, 0.2) is 0 Å². The Kier molecular flexibility index (Phi) is 3.90. The summed E-state index contributed by atoms with van der Waals surface area (Å²) in [6.07, 6.45) is 5.50. The highest BCUT2D eigenvalue weighted by Crippen LogP contribution is 2.31. The summed E-state index contributed by atoms with van der Waals surface area (Å²) in [5.74, 6) is 0.275. The van der Waals surface area contributed by atoms with Crippen molar-refractivity contribution in [3.63, 3.8) is 0 Å². The molecule has 1 amide bonds. The molecule has 6 nitrogen and oxygen atoms in total. The molecule has 5 rings (SSSR count). The molecule has 0 bridgehead atoms. The molecule has 1 atom stereocenters. The summed E-state index contributed by atoms with van der Waals surface area (Å²) in [4.78, 5) is 22.1. The number of aromatic nitrogens is 2. The van der Waals surface area contributed by atoms with Crippen molar-refractivity contribution in [2.75, 3.05) is 19.6 Å². The molecule has 0 aliphatic carbocycles. The first-order chi connectivity index (χ1) is 13.1. The molecule has 3 aliphatic rings. The smallest absolute Gasteiger partial charge is 0.227 e. The van der Waals surface area contributed by atoms with E-state index >= 15 is 0 Å². The van der Waals surface area contributed by atoms with Crippen molar-refractivity contribution in [1.82, 2.24) is 19.6 Å². The molecular formula is C21H25N5O. The Balaban J connectivity index is 1.45. The van der Waals surface area contributed by atoms with E-state index in [9.17, 15) is 4.79 Å². The van der Waals surface area contributed by atoms with Crippen LogP contribution in [0, 0.1) is 0 Å². The molecule has 6 heteroatoms. The van der Waals surface area contributed by atoms with E-state index in [0.717, 1.165) is 43.9 Å². The molecule has 3 aliphatic heterocycles. The van der Waals surface area contributed by atoms with Gasteiger partial charge in [-0.05, 0) is 35.7 Å². The van der Waals surface area contributed by atoms with Crippen LogP contribution in [0.5, 0.6) is 0 Å². The summed E-state index contributed by atoms with van der Waals surface area (Å²) in [6.45, 7) is 6.78. The predicted octanol–water partition coefficient (Wildman–Crippen LogP) is 1.75. The molecule has 140 valence electrons. The second-order valence-electron chi connectivity index (χ2n) is 7.88. The monoisotopic (exact) mass is 363 g/mol. The van der Waals surface area contributed by atoms with Crippen molar-refractivity contribution in [2.24, 2.45) is 12.0 Å². The average molecular weight is 363 g/mol. The van der Waals surface area contributed by atoms with Gasteiger partial charge in [0.25, 0.3) is 0 Å². The lowest BCUT2D eigenvalue weighted by Crippen LogP contribution is -2.44. The van der Waals surface area contributed by atoms with Crippen LogP contribution in [0.1, 0.15) is 41.2 Å². The number of aryl methyl sites for hydroxylation is 1. The fourth-order valence-electron chi connectivity index (χ4n) is 4.67. The molecule has 1 saturated heterocycles. The zero-order valence-electron chi connectivity index (χ0n) is 16.0. The normalized spacial score (nSPS) is 22.1. The number of likely N-dealkylation sites (N-methyl/N-ethyl adjacent to an activating group) is 1. The zero-order valence-corrected chi connectivity index (χ0v) is 16.0. The second-order valence-corrected chi connectivity index (χ2v) is 7.88. The summed E-state index contributed by atoms with van der Waals surface area (Å²) in [7, 11) is 1.93. The molecular weight excluding hydrogens is 338 g/mol. The minimum atomic E-state index is 0.275. The molecule has 27 heavy (non-hydrogen) atoms. The fourth-order valence-corrected chi connectivity index (χ4v) is 4.67. The largest absolute Gasteiger partial charge is 0.334 e. The van der Waals surface area contributed by atoms with Crippen LogP contribution < -0.4 is 0 Å². The summed E-state index contributed by atoms with van der Waals surface area (Å²) in [6, 6.07) is 4.83. The first kappa shape index (κ1) is 16.7. The van der Waals surface area contributed by atoms with E-state index < -0.39 is 0 Å². The summed E-state index contributed by atoms with van der Waals surface area (Å²) in [5, 5.41) is 4.29. The first-order valence-electron chi connectivity index (χ1n) is 9.82. The highest BCUT2D eigenvalue weighted by molar-refractivity contribution is 6.15. The number of benzene rings is 1. The van der Waals surface area contributed by atoms with Crippen molar-refractivity contribution in [3.05, 3.63) is 52.3 Å². The molecule has 0 unspecified atom stereocenters. The average Bonchev–Trinajstić information content (AvgIpc) is 3.38. The Morgan fingerprint density at radius 2 is 2.11 bits per heavy atom. The van der Waals surface area contributed by atoms with Crippen LogP contribution in [0.4, 0.5) is 0 Å². The van der Waals surface area contributed by atoms with Gasteiger partial charge in [0.2, 0.25) is 5.91 Å². The number of hydrogen-bond donors (Lipinski definition) is 0. The lowest BCUT2D eigenvalue weighted by Gasteiger charge is -2.34. The Morgan fingerprint density at radius 3 is 2.85 bits per heavy atom. The number of carbonyl (C=O) groups is 1. The zero-order chi connectivity index (χ0) is 18.5. The maximum Gasteiger partial charge on any atom is 0.227 e. The minimum Gasteiger partial charge on any atom is -0.334 e. The van der Waals surface area contributed by atoms with Gasteiger partial charge in [-0.3, -0.25) is 14.5 Å². The Labute approximate surface area is 159 Å². The van der Waals surface area contributed by atoms with Gasteiger partial charge in [-0.2, -0.15) is 5.10 Å². The summed E-state index contributed by atoms with van der Waals surface area (Å²) >= 11 is 0. The molecule has 0 N–H and O–H groups in total. The number of carbonyl (C=O) groups excluding carboxylic acids is 1. The van der Waals surface area contributed by atoms with E-state index in [4.69, 9.17) is 4.99 Å². The predicted molar refractivity (Wildman–Crippen MR) is 104 cm³/mol. The van der Waals surface area contributed by atoms with Gasteiger partial charge in [0.1, 0.15) is 0 Å². The number of aliphatic imine (C=N–C) groups is 1. The summed E-state index contributed by atoms with van der Waals surface area (Å²) in [5.41, 5.74) is 6.99. The van der Waals surface area contributed by atoms with Crippen molar-refractivity contribution in [2.45, 2.75) is 38.9 Å². The highest BCUT2D eigenvalue weighted by atomic mass is 16.2. The number of rotatable bonds is 3. The lowest BCUT2D eigenvalue weighted by molar-refractivity contribution is -0.134. The van der Waals surface area contributed by atoms with Crippen molar-refractivity contribution in [3.8, 4) is 0 Å². The molecule has 4 heterocycles. The third kappa shape index (κ3) is 2.79. The molecule has 1 aromatic carbocycles. The van der Waals surface area contributed by atoms with Crippen LogP contribution >= 0.6 is 0 Å². The van der Waals surface area contributed by atoms with Crippen LogP contribution in [0.25, 0.3) is 0 Å². The van der Waals surface area contributed by atoms with E-state index in [1.165, 1.54) is 22.3 Å². The van der Waals surface area contributed by atoms with Crippen LogP contribution in [-0.4, -0.2) is 56.9 Å². The van der Waals surface area contributed by atoms with Crippen LogP contribution in [0.2, 0.25) is 0 Å². The molecule has 1 fully saturated rings. The quantitative estimate of drug-likeness (QED) is 0.835. The number of likely N-dealkylation sites (tertiary alicyclic amines) is 1. The van der Waals surface area contributed by atoms with Crippen molar-refractivity contribution in [1.29, 1.82) is 0 Å². The van der Waals surface area contributed by atoms with Gasteiger partial charge in [0, 0.05) is 50.0 Å². The van der Waals surface area contributed by atoms with Crippen LogP contribution in [0.15, 0.2) is 29.5 Å². The fraction of sp³-hybridized carbons (Fsp3) is 0.476. The minimum absolute atomic E-state index is 0.275. The number of hydrogen-bond acceptors (Lipinski definition) is 4. The molecule has 0 radical (unpaired) electrons. The lowest BCUT2D eigenvalue weighted by atomic mass is 9.91. The van der Waals surface area contributed by atoms with E-state index in [1.54, 1.807) is 0 Å². The molecule has 2 aromatic rings. The molecule has 1 aromatic heterocycles. The van der Waals surface area contributed by atoms with Gasteiger partial charge in [0.05, 0.1) is 24.9 Å². The van der Waals surface area contributed by atoms with Gasteiger partial charge < -0.3 is 9.80 Å². The van der Waals surface area contributed by atoms with E-state index in [2.05, 4.69) is 34.0 Å². The second kappa shape index (κ2) is 6.30. The Hall–Kier alpha value is -2.47. The van der Waals surface area contributed by atoms with Gasteiger partial charge >= 0.3 is 0 Å². The Morgan fingerprint density at radius 1 is 1.22 bits per heavy atom. The number of nitrogens with zero attached hydrogens (tertiary/aromatic N) is 5. The third-order valence-electron chi connectivity index (χ3n) is 6.20. The SMILES string of the molecule is CCN1CC[C@@H](N2Cc3cc4c(cc3CC2=O)CN=C4c2cnn(C)c2)C1. The van der Waals surface area contributed by atoms with Gasteiger partial charge in [-0.1, -0.05) is 13.0 Å². The van der Waals surface area contributed by atoms with E-state index in [0.29, 0.717) is 19.0 Å². The molecule has 0 saturated carbocycles. The molecule has 0 spiro atoms. The van der Waals surface area contributed by atoms with Crippen LogP contribution in [-0.2, 0) is 31.4 Å². The van der Waals surface area contributed by atoms with E-state index in [-0.39, 0.29) is 5.91 Å². The summed E-state index contributed by atoms with van der Waals surface area (Å²) < 4.78 is 1.81. The van der Waals surface area contributed by atoms with E-state index in [1.807, 2.05) is 24.1 Å². The maximum atomic E-state index is 12.8.